The third-order valence-corrected chi connectivity index (χ3v) is 4.47. The van der Waals surface area contributed by atoms with Crippen molar-refractivity contribution in [2.24, 2.45) is 0 Å². The van der Waals surface area contributed by atoms with Gasteiger partial charge < -0.3 is 19.9 Å². The van der Waals surface area contributed by atoms with Crippen LogP contribution in [0.1, 0.15) is 16.8 Å². The van der Waals surface area contributed by atoms with Gasteiger partial charge >= 0.3 is 0 Å². The Labute approximate surface area is 170 Å². The lowest BCUT2D eigenvalue weighted by Crippen LogP contribution is -2.16. The fraction of sp³-hybridized carbons (Fsp3) is 0.150. The van der Waals surface area contributed by atoms with E-state index in [-0.39, 0.29) is 11.8 Å². The number of imidazole rings is 1. The molecule has 1 heterocycles. The second-order valence-electron chi connectivity index (χ2n) is 5.98. The van der Waals surface area contributed by atoms with Crippen molar-refractivity contribution in [2.45, 2.75) is 13.0 Å². The van der Waals surface area contributed by atoms with Crippen LogP contribution in [0.4, 0.5) is 11.4 Å². The van der Waals surface area contributed by atoms with Crippen molar-refractivity contribution < 1.29 is 14.3 Å². The van der Waals surface area contributed by atoms with E-state index in [0.29, 0.717) is 35.7 Å². The molecule has 0 aliphatic carbocycles. The van der Waals surface area contributed by atoms with E-state index in [1.165, 1.54) is 0 Å². The molecule has 0 atom stereocenters. The van der Waals surface area contributed by atoms with Gasteiger partial charge in [-0.3, -0.25) is 9.59 Å². The predicted octanol–water partition coefficient (Wildman–Crippen LogP) is 3.94. The van der Waals surface area contributed by atoms with Gasteiger partial charge in [0.05, 0.1) is 19.1 Å². The molecule has 0 saturated carbocycles. The topological polar surface area (TPSA) is 85.3 Å². The van der Waals surface area contributed by atoms with Crippen LogP contribution < -0.4 is 15.4 Å². The lowest BCUT2D eigenvalue weighted by Gasteiger charge is -2.11. The molecule has 28 heavy (non-hydrogen) atoms. The average Bonchev–Trinajstić information content (AvgIpc) is 3.20. The largest absolute Gasteiger partial charge is 0.495 e. The van der Waals surface area contributed by atoms with E-state index in [9.17, 15) is 9.59 Å². The van der Waals surface area contributed by atoms with Gasteiger partial charge in [-0.2, -0.15) is 0 Å². The first-order valence-corrected chi connectivity index (χ1v) is 9.35. The minimum absolute atomic E-state index is 0.139. The van der Waals surface area contributed by atoms with E-state index >= 15 is 0 Å². The first kappa shape index (κ1) is 19.6. The molecule has 3 aromatic rings. The summed E-state index contributed by atoms with van der Waals surface area (Å²) in [4.78, 5) is 28.7. The first-order chi connectivity index (χ1) is 13.5. The van der Waals surface area contributed by atoms with Gasteiger partial charge in [0.1, 0.15) is 5.75 Å². The lowest BCUT2D eigenvalue weighted by molar-refractivity contribution is -0.116. The molecular weight excluding hydrogens is 424 g/mol. The number of benzene rings is 2. The van der Waals surface area contributed by atoms with E-state index in [2.05, 4.69) is 31.5 Å². The smallest absolute Gasteiger partial charge is 0.255 e. The molecule has 0 bridgehead atoms. The maximum absolute atomic E-state index is 12.6. The number of hydrogen-bond acceptors (Lipinski definition) is 4. The molecule has 0 unspecified atom stereocenters. The third kappa shape index (κ3) is 5.20. The molecule has 144 valence electrons. The van der Waals surface area contributed by atoms with Gasteiger partial charge in [-0.15, -0.1) is 0 Å². The van der Waals surface area contributed by atoms with Crippen LogP contribution in [0.2, 0.25) is 0 Å². The number of anilines is 2. The highest BCUT2D eigenvalue weighted by Gasteiger charge is 2.12. The molecule has 0 fully saturated rings. The molecule has 0 spiro atoms. The standard InChI is InChI=1S/C20H19BrN4O3/c1-28-18-6-5-15(21)12-17(18)24-20(27)14-3-2-4-16(11-14)23-19(26)7-9-25-10-8-22-13-25/h2-6,8,10-13H,7,9H2,1H3,(H,23,26)(H,24,27). The Kier molecular flexibility index (Phi) is 6.44. The summed E-state index contributed by atoms with van der Waals surface area (Å²) in [6, 6.07) is 12.1. The van der Waals surface area contributed by atoms with Crippen molar-refractivity contribution in [3.8, 4) is 5.75 Å². The molecule has 3 rings (SSSR count). The highest BCUT2D eigenvalue weighted by molar-refractivity contribution is 9.10. The molecule has 2 amide bonds. The maximum Gasteiger partial charge on any atom is 0.255 e. The molecule has 8 heteroatoms. The van der Waals surface area contributed by atoms with Crippen molar-refractivity contribution in [2.75, 3.05) is 17.7 Å². The number of hydrogen-bond donors (Lipinski definition) is 2. The zero-order chi connectivity index (χ0) is 19.9. The Morgan fingerprint density at radius 2 is 2.04 bits per heavy atom. The second kappa shape index (κ2) is 9.18. The first-order valence-electron chi connectivity index (χ1n) is 8.55. The average molecular weight is 443 g/mol. The second-order valence-corrected chi connectivity index (χ2v) is 6.89. The Hall–Kier alpha value is -3.13. The molecule has 0 aliphatic heterocycles. The van der Waals surface area contributed by atoms with E-state index in [1.807, 2.05) is 10.6 Å². The number of carbonyl (C=O) groups excluding carboxylic acids is 2. The number of halogens is 1. The fourth-order valence-corrected chi connectivity index (χ4v) is 2.94. The van der Waals surface area contributed by atoms with Gasteiger partial charge in [0, 0.05) is 41.1 Å². The summed E-state index contributed by atoms with van der Waals surface area (Å²) in [5, 5.41) is 5.64. The van der Waals surface area contributed by atoms with Crippen molar-refractivity contribution in [1.29, 1.82) is 0 Å². The molecule has 7 nitrogen and oxygen atoms in total. The lowest BCUT2D eigenvalue weighted by atomic mass is 10.1. The van der Waals surface area contributed by atoms with Crippen LogP contribution in [0.15, 0.2) is 65.7 Å². The van der Waals surface area contributed by atoms with Crippen LogP contribution >= 0.6 is 15.9 Å². The van der Waals surface area contributed by atoms with Gasteiger partial charge in [0.15, 0.2) is 0 Å². The number of carbonyl (C=O) groups is 2. The molecule has 0 saturated heterocycles. The van der Waals surface area contributed by atoms with Crippen molar-refractivity contribution >= 4 is 39.1 Å². The van der Waals surface area contributed by atoms with Crippen LogP contribution in [0.25, 0.3) is 0 Å². The molecular formula is C20H19BrN4O3. The predicted molar refractivity (Wildman–Crippen MR) is 111 cm³/mol. The monoisotopic (exact) mass is 442 g/mol. The summed E-state index contributed by atoms with van der Waals surface area (Å²) < 4.78 is 7.92. The summed E-state index contributed by atoms with van der Waals surface area (Å²) in [7, 11) is 1.54. The van der Waals surface area contributed by atoms with Crippen LogP contribution in [0, 0.1) is 0 Å². The Morgan fingerprint density at radius 1 is 1.18 bits per heavy atom. The highest BCUT2D eigenvalue weighted by atomic mass is 79.9. The molecule has 2 N–H and O–H groups in total. The van der Waals surface area contributed by atoms with Crippen molar-refractivity contribution in [1.82, 2.24) is 9.55 Å². The number of nitrogens with one attached hydrogen (secondary N) is 2. The highest BCUT2D eigenvalue weighted by Crippen LogP contribution is 2.28. The Balaban J connectivity index is 1.64. The van der Waals surface area contributed by atoms with Gasteiger partial charge in [-0.05, 0) is 36.4 Å². The minimum Gasteiger partial charge on any atom is -0.495 e. The number of nitrogens with zero attached hydrogens (tertiary/aromatic N) is 2. The van der Waals surface area contributed by atoms with Crippen molar-refractivity contribution in [3.05, 3.63) is 71.2 Å². The molecule has 0 aliphatic rings. The number of amides is 2. The zero-order valence-corrected chi connectivity index (χ0v) is 16.8. The number of ether oxygens (including phenoxy) is 1. The van der Waals surface area contributed by atoms with Gasteiger partial charge in [-0.1, -0.05) is 22.0 Å². The van der Waals surface area contributed by atoms with Crippen LogP contribution in [0.3, 0.4) is 0 Å². The summed E-state index contributed by atoms with van der Waals surface area (Å²) in [6.45, 7) is 0.536. The normalized spacial score (nSPS) is 10.4. The number of aromatic nitrogens is 2. The molecule has 2 aromatic carbocycles. The van der Waals surface area contributed by atoms with E-state index in [0.717, 1.165) is 4.47 Å². The van der Waals surface area contributed by atoms with E-state index in [4.69, 9.17) is 4.74 Å². The maximum atomic E-state index is 12.6. The van der Waals surface area contributed by atoms with Crippen LogP contribution in [-0.4, -0.2) is 28.5 Å². The summed E-state index contributed by atoms with van der Waals surface area (Å²) in [5.74, 6) is 0.117. The van der Waals surface area contributed by atoms with E-state index in [1.54, 1.807) is 62.2 Å². The summed E-state index contributed by atoms with van der Waals surface area (Å²) in [5.41, 5.74) is 1.54. The number of aryl methyl sites for hydroxylation is 1. The number of methoxy groups -OCH3 is 1. The SMILES string of the molecule is COc1ccc(Br)cc1NC(=O)c1cccc(NC(=O)CCn2ccnc2)c1. The van der Waals surface area contributed by atoms with Gasteiger partial charge in [-0.25, -0.2) is 4.98 Å². The molecule has 0 radical (unpaired) electrons. The van der Waals surface area contributed by atoms with Crippen LogP contribution in [-0.2, 0) is 11.3 Å². The molecule has 1 aromatic heterocycles. The third-order valence-electron chi connectivity index (χ3n) is 3.97. The quantitative estimate of drug-likeness (QED) is 0.580. The zero-order valence-electron chi connectivity index (χ0n) is 15.2. The minimum atomic E-state index is -0.300. The number of rotatable bonds is 7. The Morgan fingerprint density at radius 3 is 2.79 bits per heavy atom. The van der Waals surface area contributed by atoms with Gasteiger partial charge in [0.25, 0.3) is 5.91 Å². The summed E-state index contributed by atoms with van der Waals surface area (Å²) >= 11 is 3.38. The fourth-order valence-electron chi connectivity index (χ4n) is 2.58. The Bertz CT molecular complexity index is 973. The van der Waals surface area contributed by atoms with Crippen LogP contribution in [0.5, 0.6) is 5.75 Å². The van der Waals surface area contributed by atoms with Gasteiger partial charge in [0.2, 0.25) is 5.91 Å². The van der Waals surface area contributed by atoms with E-state index < -0.39 is 0 Å². The van der Waals surface area contributed by atoms with Crippen molar-refractivity contribution in [3.63, 3.8) is 0 Å². The summed E-state index contributed by atoms with van der Waals surface area (Å²) in [6.07, 6.45) is 5.44.